The predicted molar refractivity (Wildman–Crippen MR) is 67.1 cm³/mol. The lowest BCUT2D eigenvalue weighted by Crippen LogP contribution is -2.49. The maximum atomic E-state index is 5.82. The third kappa shape index (κ3) is 2.49. The van der Waals surface area contributed by atoms with Crippen molar-refractivity contribution in [3.05, 3.63) is 30.1 Å². The topological polar surface area (TPSA) is 60.2 Å². The van der Waals surface area contributed by atoms with E-state index in [4.69, 9.17) is 10.6 Å². The second kappa shape index (κ2) is 5.58. The summed E-state index contributed by atoms with van der Waals surface area (Å²) in [5.74, 6) is 5.74. The largest absolute Gasteiger partial charge is 0.376 e. The quantitative estimate of drug-likeness (QED) is 0.618. The van der Waals surface area contributed by atoms with E-state index in [1.165, 1.54) is 19.3 Å². The summed E-state index contributed by atoms with van der Waals surface area (Å²) >= 11 is 0. The molecule has 1 unspecified atom stereocenters. The van der Waals surface area contributed by atoms with Crippen LogP contribution in [0.2, 0.25) is 0 Å². The Labute approximate surface area is 103 Å². The van der Waals surface area contributed by atoms with Gasteiger partial charge in [-0.25, -0.2) is 0 Å². The summed E-state index contributed by atoms with van der Waals surface area (Å²) < 4.78 is 5.82. The summed E-state index contributed by atoms with van der Waals surface area (Å²) in [4.78, 5) is 4.16. The highest BCUT2D eigenvalue weighted by Crippen LogP contribution is 2.40. The molecule has 0 saturated heterocycles. The van der Waals surface area contributed by atoms with Gasteiger partial charge in [0, 0.05) is 19.5 Å². The summed E-state index contributed by atoms with van der Waals surface area (Å²) in [7, 11) is 1.78. The summed E-state index contributed by atoms with van der Waals surface area (Å²) in [5.41, 5.74) is 3.83. The van der Waals surface area contributed by atoms with Crippen LogP contribution in [0.5, 0.6) is 0 Å². The molecule has 0 bridgehead atoms. The highest BCUT2D eigenvalue weighted by molar-refractivity contribution is 5.18. The lowest BCUT2D eigenvalue weighted by molar-refractivity contribution is -0.0689. The molecule has 2 rings (SSSR count). The van der Waals surface area contributed by atoms with Crippen LogP contribution < -0.4 is 11.3 Å². The summed E-state index contributed by atoms with van der Waals surface area (Å²) in [5, 5.41) is 0. The second-order valence-corrected chi connectivity index (χ2v) is 4.72. The van der Waals surface area contributed by atoms with Crippen LogP contribution in [0.1, 0.15) is 43.7 Å². The molecule has 1 fully saturated rings. The minimum atomic E-state index is -0.184. The van der Waals surface area contributed by atoms with Crippen LogP contribution in [-0.2, 0) is 4.74 Å². The smallest absolute Gasteiger partial charge is 0.0886 e. The van der Waals surface area contributed by atoms with Crippen molar-refractivity contribution in [2.75, 3.05) is 7.11 Å². The van der Waals surface area contributed by atoms with E-state index in [-0.39, 0.29) is 11.6 Å². The zero-order valence-electron chi connectivity index (χ0n) is 10.4. The molecule has 0 aliphatic heterocycles. The normalized spacial score (nSPS) is 21.1. The van der Waals surface area contributed by atoms with Gasteiger partial charge < -0.3 is 4.74 Å². The number of ether oxygens (including phenoxy) is 1. The SMILES string of the molecule is COC1(C(NN)c2cccnc2)CCCCC1. The van der Waals surface area contributed by atoms with E-state index in [0.29, 0.717) is 0 Å². The van der Waals surface area contributed by atoms with Crippen LogP contribution in [-0.4, -0.2) is 17.7 Å². The van der Waals surface area contributed by atoms with E-state index < -0.39 is 0 Å². The fourth-order valence-electron chi connectivity index (χ4n) is 2.86. The van der Waals surface area contributed by atoms with E-state index in [1.807, 2.05) is 18.3 Å². The Morgan fingerprint density at radius 1 is 1.41 bits per heavy atom. The van der Waals surface area contributed by atoms with Crippen molar-refractivity contribution in [2.45, 2.75) is 43.7 Å². The van der Waals surface area contributed by atoms with Gasteiger partial charge in [-0.15, -0.1) is 0 Å². The van der Waals surface area contributed by atoms with Crippen molar-refractivity contribution >= 4 is 0 Å². The van der Waals surface area contributed by atoms with Crippen molar-refractivity contribution in [1.82, 2.24) is 10.4 Å². The first-order valence-electron chi connectivity index (χ1n) is 6.23. The summed E-state index contributed by atoms with van der Waals surface area (Å²) in [6.45, 7) is 0. The van der Waals surface area contributed by atoms with Crippen molar-refractivity contribution in [1.29, 1.82) is 0 Å². The molecule has 3 N–H and O–H groups in total. The number of nitrogens with two attached hydrogens (primary N) is 1. The number of methoxy groups -OCH3 is 1. The Morgan fingerprint density at radius 2 is 2.18 bits per heavy atom. The highest BCUT2D eigenvalue weighted by Gasteiger charge is 2.40. The third-order valence-electron chi connectivity index (χ3n) is 3.82. The lowest BCUT2D eigenvalue weighted by atomic mass is 9.77. The van der Waals surface area contributed by atoms with Gasteiger partial charge in [-0.2, -0.15) is 0 Å². The molecule has 4 heteroatoms. The lowest BCUT2D eigenvalue weighted by Gasteiger charge is -2.42. The number of aromatic nitrogens is 1. The van der Waals surface area contributed by atoms with Gasteiger partial charge >= 0.3 is 0 Å². The molecule has 94 valence electrons. The number of hydrazine groups is 1. The van der Waals surface area contributed by atoms with Crippen molar-refractivity contribution in [3.63, 3.8) is 0 Å². The van der Waals surface area contributed by atoms with E-state index in [0.717, 1.165) is 18.4 Å². The summed E-state index contributed by atoms with van der Waals surface area (Å²) in [6.07, 6.45) is 9.42. The Kier molecular flexibility index (Phi) is 4.10. The van der Waals surface area contributed by atoms with Gasteiger partial charge in [-0.1, -0.05) is 25.3 Å². The Bertz CT molecular complexity index is 336. The van der Waals surface area contributed by atoms with Crippen LogP contribution >= 0.6 is 0 Å². The maximum Gasteiger partial charge on any atom is 0.0886 e. The number of hydrogen-bond acceptors (Lipinski definition) is 4. The van der Waals surface area contributed by atoms with E-state index >= 15 is 0 Å². The standard InChI is InChI=1S/C13H21N3O/c1-17-13(7-3-2-4-8-13)12(16-14)11-6-5-9-15-10-11/h5-6,9-10,12,16H,2-4,7-8,14H2,1H3. The fraction of sp³-hybridized carbons (Fsp3) is 0.615. The Balaban J connectivity index is 2.26. The molecule has 1 saturated carbocycles. The molecule has 17 heavy (non-hydrogen) atoms. The molecule has 1 aromatic rings. The zero-order chi connectivity index (χ0) is 12.1. The number of nitrogens with one attached hydrogen (secondary N) is 1. The molecule has 1 heterocycles. The first kappa shape index (κ1) is 12.5. The molecule has 1 atom stereocenters. The van der Waals surface area contributed by atoms with Gasteiger partial charge in [0.15, 0.2) is 0 Å². The van der Waals surface area contributed by atoms with Gasteiger partial charge in [-0.3, -0.25) is 16.3 Å². The average molecular weight is 235 g/mol. The molecule has 0 radical (unpaired) electrons. The molecule has 1 aliphatic rings. The zero-order valence-corrected chi connectivity index (χ0v) is 10.4. The van der Waals surface area contributed by atoms with Gasteiger partial charge in [0.2, 0.25) is 0 Å². The summed E-state index contributed by atoms with van der Waals surface area (Å²) in [6, 6.07) is 4.00. The monoisotopic (exact) mass is 235 g/mol. The number of hydrogen-bond donors (Lipinski definition) is 2. The van der Waals surface area contributed by atoms with Crippen LogP contribution in [0.3, 0.4) is 0 Å². The van der Waals surface area contributed by atoms with Crippen molar-refractivity contribution in [2.24, 2.45) is 5.84 Å². The molecule has 0 spiro atoms. The molecule has 4 nitrogen and oxygen atoms in total. The number of rotatable bonds is 4. The van der Waals surface area contributed by atoms with Crippen LogP contribution in [0, 0.1) is 0 Å². The van der Waals surface area contributed by atoms with Gasteiger partial charge in [0.1, 0.15) is 0 Å². The van der Waals surface area contributed by atoms with Crippen LogP contribution in [0.4, 0.5) is 0 Å². The first-order valence-corrected chi connectivity index (χ1v) is 6.23. The van der Waals surface area contributed by atoms with Gasteiger partial charge in [-0.05, 0) is 24.5 Å². The second-order valence-electron chi connectivity index (χ2n) is 4.72. The Morgan fingerprint density at radius 3 is 2.71 bits per heavy atom. The minimum Gasteiger partial charge on any atom is -0.376 e. The number of nitrogens with zero attached hydrogens (tertiary/aromatic N) is 1. The van der Waals surface area contributed by atoms with E-state index in [9.17, 15) is 0 Å². The molecule has 0 aromatic carbocycles. The van der Waals surface area contributed by atoms with Gasteiger partial charge in [0.05, 0.1) is 11.6 Å². The molecule has 0 amide bonds. The highest BCUT2D eigenvalue weighted by atomic mass is 16.5. The number of pyridine rings is 1. The molecule has 1 aliphatic carbocycles. The maximum absolute atomic E-state index is 5.82. The minimum absolute atomic E-state index is 0.0153. The average Bonchev–Trinajstić information content (AvgIpc) is 2.42. The molecular weight excluding hydrogens is 214 g/mol. The van der Waals surface area contributed by atoms with Crippen molar-refractivity contribution < 1.29 is 4.74 Å². The first-order chi connectivity index (χ1) is 8.32. The third-order valence-corrected chi connectivity index (χ3v) is 3.82. The Hall–Kier alpha value is -0.970. The van der Waals surface area contributed by atoms with E-state index in [1.54, 1.807) is 13.3 Å². The van der Waals surface area contributed by atoms with Crippen molar-refractivity contribution in [3.8, 4) is 0 Å². The van der Waals surface area contributed by atoms with Gasteiger partial charge in [0.25, 0.3) is 0 Å². The van der Waals surface area contributed by atoms with E-state index in [2.05, 4.69) is 10.4 Å². The fourth-order valence-corrected chi connectivity index (χ4v) is 2.86. The van der Waals surface area contributed by atoms with Crippen LogP contribution in [0.25, 0.3) is 0 Å². The van der Waals surface area contributed by atoms with Crippen LogP contribution in [0.15, 0.2) is 24.5 Å². The molecular formula is C13H21N3O. The molecule has 1 aromatic heterocycles. The predicted octanol–water partition coefficient (Wildman–Crippen LogP) is 1.94.